The predicted octanol–water partition coefficient (Wildman–Crippen LogP) is 2.01. The van der Waals surface area contributed by atoms with Gasteiger partial charge in [0.1, 0.15) is 12.4 Å². The number of benzene rings is 1. The van der Waals surface area contributed by atoms with Gasteiger partial charge in [0, 0.05) is 6.42 Å². The molecule has 3 amide bonds. The van der Waals surface area contributed by atoms with Gasteiger partial charge in [-0.3, -0.25) is 34.4 Å². The molecule has 0 aliphatic carbocycles. The molecular formula is C21H25N3O5. The molecule has 154 valence electrons. The zero-order chi connectivity index (χ0) is 21.3. The first kappa shape index (κ1) is 20.7. The lowest BCUT2D eigenvalue weighted by atomic mass is 10.0. The van der Waals surface area contributed by atoms with E-state index in [0.717, 1.165) is 16.9 Å². The third kappa shape index (κ3) is 3.79. The normalized spacial score (nSPS) is 19.2. The van der Waals surface area contributed by atoms with E-state index < -0.39 is 17.9 Å². The van der Waals surface area contributed by atoms with Crippen LogP contribution in [0.3, 0.4) is 0 Å². The van der Waals surface area contributed by atoms with E-state index in [9.17, 15) is 19.2 Å². The number of nitrogens with zero attached hydrogens (tertiary/aromatic N) is 2. The number of hydrogen-bond acceptors (Lipinski definition) is 6. The number of likely N-dealkylation sites (tertiary alicyclic amines) is 1. The van der Waals surface area contributed by atoms with Crippen molar-refractivity contribution in [1.82, 2.24) is 9.80 Å². The largest absolute Gasteiger partial charge is 0.464 e. The number of ether oxygens (including phenoxy) is 1. The molecule has 2 heterocycles. The van der Waals surface area contributed by atoms with Crippen LogP contribution in [0.5, 0.6) is 0 Å². The molecule has 1 atom stereocenters. The number of nitrogens with one attached hydrogen (secondary N) is 1. The molecule has 1 saturated heterocycles. The highest BCUT2D eigenvalue weighted by Gasteiger charge is 2.45. The van der Waals surface area contributed by atoms with Crippen molar-refractivity contribution in [2.24, 2.45) is 5.92 Å². The molecule has 0 radical (unpaired) electrons. The van der Waals surface area contributed by atoms with Crippen LogP contribution < -0.4 is 0 Å². The average Bonchev–Trinajstić information content (AvgIpc) is 2.94. The third-order valence-corrected chi connectivity index (χ3v) is 5.27. The second-order valence-corrected chi connectivity index (χ2v) is 7.52. The fourth-order valence-corrected chi connectivity index (χ4v) is 3.56. The second kappa shape index (κ2) is 8.14. The van der Waals surface area contributed by atoms with Crippen molar-refractivity contribution >= 4 is 29.5 Å². The summed E-state index contributed by atoms with van der Waals surface area (Å²) in [6, 6.07) is 4.37. The van der Waals surface area contributed by atoms with E-state index in [0.29, 0.717) is 11.1 Å². The molecule has 2 aliphatic rings. The zero-order valence-electron chi connectivity index (χ0n) is 16.9. The van der Waals surface area contributed by atoms with Crippen LogP contribution in [0.2, 0.25) is 0 Å². The Morgan fingerprint density at radius 2 is 1.90 bits per heavy atom. The van der Waals surface area contributed by atoms with Crippen molar-refractivity contribution in [1.29, 1.82) is 5.41 Å². The number of piperidine rings is 1. The van der Waals surface area contributed by atoms with Gasteiger partial charge in [-0.25, -0.2) is 0 Å². The van der Waals surface area contributed by atoms with Crippen molar-refractivity contribution in [3.63, 3.8) is 0 Å². The molecule has 1 unspecified atom stereocenters. The summed E-state index contributed by atoms with van der Waals surface area (Å²) in [5.41, 5.74) is 1.63. The summed E-state index contributed by atoms with van der Waals surface area (Å²) in [7, 11) is 0. The minimum absolute atomic E-state index is 0.0236. The van der Waals surface area contributed by atoms with E-state index in [2.05, 4.69) is 0 Å². The van der Waals surface area contributed by atoms with E-state index >= 15 is 0 Å². The summed E-state index contributed by atoms with van der Waals surface area (Å²) in [5, 5.41) is 8.45. The molecule has 8 nitrogen and oxygen atoms in total. The van der Waals surface area contributed by atoms with Crippen LogP contribution in [-0.2, 0) is 20.7 Å². The lowest BCUT2D eigenvalue weighted by Gasteiger charge is -2.36. The lowest BCUT2D eigenvalue weighted by molar-refractivity contribution is -0.148. The minimum atomic E-state index is -0.814. The standard InChI is InChI=1S/C21H25N3O5/c1-4-13-5-6-14-15(11-13)20(27)24(19(14)26)16-7-8-17(25)23(18(16)22)9-10-29-21(28)12(2)3/h5-6,11-12,16,22H,4,7-10H2,1-3H3. The Labute approximate surface area is 169 Å². The number of aryl methyl sites for hydroxylation is 1. The van der Waals surface area contributed by atoms with Gasteiger partial charge < -0.3 is 4.74 Å². The lowest BCUT2D eigenvalue weighted by Crippen LogP contribution is -2.56. The molecule has 29 heavy (non-hydrogen) atoms. The number of carbonyl (C=O) groups is 4. The first-order valence-corrected chi connectivity index (χ1v) is 9.82. The van der Waals surface area contributed by atoms with Crippen LogP contribution in [0.4, 0.5) is 0 Å². The highest BCUT2D eigenvalue weighted by Crippen LogP contribution is 2.30. The van der Waals surface area contributed by atoms with Crippen LogP contribution in [0, 0.1) is 11.3 Å². The molecule has 1 aromatic rings. The van der Waals surface area contributed by atoms with Crippen LogP contribution in [0.25, 0.3) is 0 Å². The summed E-state index contributed by atoms with van der Waals surface area (Å²) in [6.45, 7) is 5.36. The van der Waals surface area contributed by atoms with Gasteiger partial charge in [-0.2, -0.15) is 0 Å². The van der Waals surface area contributed by atoms with Gasteiger partial charge in [-0.1, -0.05) is 26.8 Å². The van der Waals surface area contributed by atoms with Gasteiger partial charge in [0.05, 0.1) is 29.6 Å². The van der Waals surface area contributed by atoms with E-state index in [4.69, 9.17) is 10.1 Å². The Balaban J connectivity index is 1.76. The number of hydrogen-bond donors (Lipinski definition) is 1. The smallest absolute Gasteiger partial charge is 0.308 e. The molecule has 0 aromatic heterocycles. The molecule has 0 bridgehead atoms. The summed E-state index contributed by atoms with van der Waals surface area (Å²) in [6.07, 6.45) is 1.07. The Morgan fingerprint density at radius 1 is 1.21 bits per heavy atom. The number of rotatable bonds is 6. The van der Waals surface area contributed by atoms with E-state index in [1.54, 1.807) is 26.0 Å². The number of fused-ring (bicyclic) bond motifs is 1. The predicted molar refractivity (Wildman–Crippen MR) is 105 cm³/mol. The number of esters is 1. The molecule has 1 N–H and O–H groups in total. The van der Waals surface area contributed by atoms with Crippen molar-refractivity contribution in [2.75, 3.05) is 13.2 Å². The maximum absolute atomic E-state index is 12.9. The van der Waals surface area contributed by atoms with Gasteiger partial charge in [-0.05, 0) is 30.5 Å². The highest BCUT2D eigenvalue weighted by atomic mass is 16.5. The Bertz CT molecular complexity index is 892. The fourth-order valence-electron chi connectivity index (χ4n) is 3.56. The Kier molecular flexibility index (Phi) is 5.81. The SMILES string of the molecule is CCc1ccc2c(c1)C(=O)N(C1CCC(=O)N(CCOC(=O)C(C)C)C1=N)C2=O. The molecule has 0 spiro atoms. The zero-order valence-corrected chi connectivity index (χ0v) is 16.9. The number of amides is 3. The number of imide groups is 1. The van der Waals surface area contributed by atoms with Crippen molar-refractivity contribution in [3.8, 4) is 0 Å². The quantitative estimate of drug-likeness (QED) is 0.582. The number of carbonyl (C=O) groups excluding carboxylic acids is 4. The summed E-state index contributed by atoms with van der Waals surface area (Å²) >= 11 is 0. The van der Waals surface area contributed by atoms with Gasteiger partial charge in [0.15, 0.2) is 0 Å². The molecule has 3 rings (SSSR count). The summed E-state index contributed by atoms with van der Waals surface area (Å²) in [4.78, 5) is 52.0. The van der Waals surface area contributed by atoms with Crippen LogP contribution >= 0.6 is 0 Å². The van der Waals surface area contributed by atoms with Gasteiger partial charge in [0.25, 0.3) is 11.8 Å². The maximum Gasteiger partial charge on any atom is 0.308 e. The molecular weight excluding hydrogens is 374 g/mol. The number of amidine groups is 1. The fraction of sp³-hybridized carbons (Fsp3) is 0.476. The van der Waals surface area contributed by atoms with Crippen LogP contribution in [-0.4, -0.2) is 58.5 Å². The Morgan fingerprint density at radius 3 is 2.55 bits per heavy atom. The van der Waals surface area contributed by atoms with Crippen molar-refractivity contribution in [3.05, 3.63) is 34.9 Å². The monoisotopic (exact) mass is 399 g/mol. The molecule has 2 aliphatic heterocycles. The summed E-state index contributed by atoms with van der Waals surface area (Å²) in [5.74, 6) is -1.95. The third-order valence-electron chi connectivity index (χ3n) is 5.27. The van der Waals surface area contributed by atoms with Crippen LogP contribution in [0.15, 0.2) is 18.2 Å². The average molecular weight is 399 g/mol. The first-order valence-electron chi connectivity index (χ1n) is 9.82. The molecule has 1 aromatic carbocycles. The van der Waals surface area contributed by atoms with Gasteiger partial charge in [-0.15, -0.1) is 0 Å². The highest BCUT2D eigenvalue weighted by molar-refractivity contribution is 6.23. The van der Waals surface area contributed by atoms with Crippen molar-refractivity contribution in [2.45, 2.75) is 46.1 Å². The van der Waals surface area contributed by atoms with E-state index in [-0.39, 0.29) is 49.6 Å². The van der Waals surface area contributed by atoms with Gasteiger partial charge >= 0.3 is 5.97 Å². The molecule has 1 fully saturated rings. The van der Waals surface area contributed by atoms with Crippen molar-refractivity contribution < 1.29 is 23.9 Å². The maximum atomic E-state index is 12.9. The molecule has 8 heteroatoms. The van der Waals surface area contributed by atoms with E-state index in [1.165, 1.54) is 4.90 Å². The van der Waals surface area contributed by atoms with E-state index in [1.807, 2.05) is 13.0 Å². The summed E-state index contributed by atoms with van der Waals surface area (Å²) < 4.78 is 5.11. The topological polar surface area (TPSA) is 108 Å². The van der Waals surface area contributed by atoms with Crippen LogP contribution in [0.1, 0.15) is 59.9 Å². The Hall–Kier alpha value is -3.03. The first-order chi connectivity index (χ1) is 13.8. The minimum Gasteiger partial charge on any atom is -0.464 e. The van der Waals surface area contributed by atoms with Gasteiger partial charge in [0.2, 0.25) is 5.91 Å². The molecule has 0 saturated carbocycles. The second-order valence-electron chi connectivity index (χ2n) is 7.52.